The van der Waals surface area contributed by atoms with Crippen LogP contribution in [0.3, 0.4) is 0 Å². The minimum absolute atomic E-state index is 0.130. The van der Waals surface area contributed by atoms with Crippen LogP contribution in [-0.4, -0.2) is 17.0 Å². The van der Waals surface area contributed by atoms with E-state index in [1.165, 1.54) is 25.1 Å². The summed E-state index contributed by atoms with van der Waals surface area (Å²) >= 11 is 0. The van der Waals surface area contributed by atoms with Gasteiger partial charge in [0, 0.05) is 12.5 Å². The van der Waals surface area contributed by atoms with Crippen molar-refractivity contribution < 1.29 is 23.8 Å². The fourth-order valence-corrected chi connectivity index (χ4v) is 2.02. The van der Waals surface area contributed by atoms with Crippen molar-refractivity contribution in [3.05, 3.63) is 71.2 Å². The van der Waals surface area contributed by atoms with Crippen LogP contribution < -0.4 is 10.1 Å². The molecule has 0 aromatic heterocycles. The van der Waals surface area contributed by atoms with Crippen LogP contribution >= 0.6 is 0 Å². The minimum Gasteiger partial charge on any atom is -0.488 e. The summed E-state index contributed by atoms with van der Waals surface area (Å²) in [5.74, 6) is -1.68. The molecule has 0 aliphatic heterocycles. The van der Waals surface area contributed by atoms with E-state index in [-0.39, 0.29) is 18.1 Å². The first-order valence-corrected chi connectivity index (χ1v) is 7.14. The molecule has 0 heterocycles. The highest BCUT2D eigenvalue weighted by Gasteiger charge is 2.11. The highest BCUT2D eigenvalue weighted by Crippen LogP contribution is 2.22. The van der Waals surface area contributed by atoms with Gasteiger partial charge in [-0.05, 0) is 29.8 Å². The van der Waals surface area contributed by atoms with E-state index in [1.54, 1.807) is 36.4 Å². The van der Waals surface area contributed by atoms with Crippen molar-refractivity contribution in [3.8, 4) is 5.75 Å². The Balaban J connectivity index is 2.23. The number of ether oxygens (including phenoxy) is 1. The van der Waals surface area contributed by atoms with E-state index >= 15 is 0 Å². The molecule has 0 aliphatic carbocycles. The second-order valence-electron chi connectivity index (χ2n) is 5.00. The van der Waals surface area contributed by atoms with Gasteiger partial charge in [-0.2, -0.15) is 0 Å². The lowest BCUT2D eigenvalue weighted by Gasteiger charge is -2.10. The predicted molar refractivity (Wildman–Crippen MR) is 86.6 cm³/mol. The van der Waals surface area contributed by atoms with Gasteiger partial charge >= 0.3 is 5.97 Å². The Morgan fingerprint density at radius 3 is 2.62 bits per heavy atom. The van der Waals surface area contributed by atoms with E-state index in [9.17, 15) is 14.0 Å². The summed E-state index contributed by atoms with van der Waals surface area (Å²) in [7, 11) is 0. The number of halogens is 1. The quantitative estimate of drug-likeness (QED) is 0.799. The molecule has 1 amide bonds. The zero-order chi connectivity index (χ0) is 17.5. The third-order valence-corrected chi connectivity index (χ3v) is 3.04. The largest absolute Gasteiger partial charge is 0.488 e. The average molecular weight is 329 g/mol. The third kappa shape index (κ3) is 4.95. The van der Waals surface area contributed by atoms with Crippen LogP contribution in [0, 0.1) is 5.82 Å². The van der Waals surface area contributed by atoms with Gasteiger partial charge in [0.15, 0.2) is 0 Å². The van der Waals surface area contributed by atoms with Crippen LogP contribution in [0.25, 0.3) is 6.08 Å². The maximum atomic E-state index is 13.2. The van der Waals surface area contributed by atoms with E-state index in [0.29, 0.717) is 16.9 Å². The number of carbonyl (C=O) groups excluding carboxylic acids is 1. The number of hydrogen-bond donors (Lipinski definition) is 2. The molecule has 2 N–H and O–H groups in total. The SMILES string of the molecule is CC(=O)N/C(=C/c1ccccc1OCc1cccc(F)c1)C(=O)O. The molecule has 0 saturated heterocycles. The molecule has 2 rings (SSSR count). The molecule has 2 aromatic carbocycles. The van der Waals surface area contributed by atoms with Crippen LogP contribution in [0.2, 0.25) is 0 Å². The van der Waals surface area contributed by atoms with Crippen molar-refractivity contribution in [1.82, 2.24) is 5.32 Å². The molecule has 0 saturated carbocycles. The third-order valence-electron chi connectivity index (χ3n) is 3.04. The maximum Gasteiger partial charge on any atom is 0.352 e. The van der Waals surface area contributed by atoms with Crippen molar-refractivity contribution in [3.63, 3.8) is 0 Å². The highest BCUT2D eigenvalue weighted by molar-refractivity contribution is 5.96. The number of aliphatic carboxylic acids is 1. The van der Waals surface area contributed by atoms with Gasteiger partial charge in [0.05, 0.1) is 0 Å². The lowest BCUT2D eigenvalue weighted by atomic mass is 10.1. The number of benzene rings is 2. The first kappa shape index (κ1) is 17.2. The summed E-state index contributed by atoms with van der Waals surface area (Å²) in [6.45, 7) is 1.36. The first-order valence-electron chi connectivity index (χ1n) is 7.14. The summed E-state index contributed by atoms with van der Waals surface area (Å²) in [5, 5.41) is 11.4. The smallest absolute Gasteiger partial charge is 0.352 e. The fraction of sp³-hybridized carbons (Fsp3) is 0.111. The molecule has 0 unspecified atom stereocenters. The van der Waals surface area contributed by atoms with Crippen molar-refractivity contribution in [2.75, 3.05) is 0 Å². The number of carboxylic acids is 1. The lowest BCUT2D eigenvalue weighted by molar-refractivity contribution is -0.134. The van der Waals surface area contributed by atoms with Gasteiger partial charge < -0.3 is 15.2 Å². The number of amides is 1. The number of para-hydroxylation sites is 1. The lowest BCUT2D eigenvalue weighted by Crippen LogP contribution is -2.24. The zero-order valence-electron chi connectivity index (χ0n) is 13.0. The van der Waals surface area contributed by atoms with Gasteiger partial charge in [-0.25, -0.2) is 9.18 Å². The van der Waals surface area contributed by atoms with Crippen molar-refractivity contribution in [1.29, 1.82) is 0 Å². The molecule has 0 fully saturated rings. The van der Waals surface area contributed by atoms with Crippen LogP contribution in [0.1, 0.15) is 18.1 Å². The van der Waals surface area contributed by atoms with E-state index in [1.807, 2.05) is 0 Å². The molecule has 24 heavy (non-hydrogen) atoms. The molecule has 124 valence electrons. The number of nitrogens with one attached hydrogen (secondary N) is 1. The Morgan fingerprint density at radius 2 is 1.96 bits per heavy atom. The van der Waals surface area contributed by atoms with E-state index in [2.05, 4.69) is 5.32 Å². The van der Waals surface area contributed by atoms with E-state index in [4.69, 9.17) is 9.84 Å². The van der Waals surface area contributed by atoms with Crippen LogP contribution in [-0.2, 0) is 16.2 Å². The Labute approximate surface area is 138 Å². The van der Waals surface area contributed by atoms with Crippen molar-refractivity contribution in [2.45, 2.75) is 13.5 Å². The van der Waals surface area contributed by atoms with E-state index < -0.39 is 11.9 Å². The zero-order valence-corrected chi connectivity index (χ0v) is 13.0. The van der Waals surface area contributed by atoms with Crippen LogP contribution in [0.15, 0.2) is 54.2 Å². The molecule has 0 bridgehead atoms. The second kappa shape index (κ2) is 7.92. The standard InChI is InChI=1S/C18H16FNO4/c1-12(21)20-16(18(22)23)10-14-6-2-3-8-17(14)24-11-13-5-4-7-15(19)9-13/h2-10H,11H2,1H3,(H,20,21)(H,22,23)/b16-10+. The molecule has 0 aliphatic rings. The number of carboxylic acid groups (broad SMARTS) is 1. The molecule has 0 atom stereocenters. The Hall–Kier alpha value is -3.15. The molecular formula is C18H16FNO4. The average Bonchev–Trinajstić information content (AvgIpc) is 2.53. The number of rotatable bonds is 6. The Morgan fingerprint density at radius 1 is 1.21 bits per heavy atom. The van der Waals surface area contributed by atoms with Crippen molar-refractivity contribution in [2.24, 2.45) is 0 Å². The van der Waals surface area contributed by atoms with Crippen molar-refractivity contribution >= 4 is 18.0 Å². The summed E-state index contributed by atoms with van der Waals surface area (Å²) < 4.78 is 18.8. The normalized spacial score (nSPS) is 11.0. The predicted octanol–water partition coefficient (Wildman–Crippen LogP) is 2.97. The summed E-state index contributed by atoms with van der Waals surface area (Å²) in [6.07, 6.45) is 1.31. The molecule has 5 nitrogen and oxygen atoms in total. The van der Waals surface area contributed by atoms with Gasteiger partial charge in [0.25, 0.3) is 0 Å². The van der Waals surface area contributed by atoms with Gasteiger partial charge in [0.2, 0.25) is 5.91 Å². The molecular weight excluding hydrogens is 313 g/mol. The summed E-state index contributed by atoms with van der Waals surface area (Å²) in [6, 6.07) is 12.8. The molecule has 0 radical (unpaired) electrons. The minimum atomic E-state index is -1.26. The number of hydrogen-bond acceptors (Lipinski definition) is 3. The van der Waals surface area contributed by atoms with Gasteiger partial charge in [-0.15, -0.1) is 0 Å². The topological polar surface area (TPSA) is 75.6 Å². The van der Waals surface area contributed by atoms with Crippen LogP contribution in [0.5, 0.6) is 5.75 Å². The second-order valence-corrected chi connectivity index (χ2v) is 5.00. The summed E-state index contributed by atoms with van der Waals surface area (Å²) in [5.41, 5.74) is 0.874. The van der Waals surface area contributed by atoms with Gasteiger partial charge in [-0.3, -0.25) is 4.79 Å². The molecule has 0 spiro atoms. The van der Waals surface area contributed by atoms with Gasteiger partial charge in [0.1, 0.15) is 23.9 Å². The van der Waals surface area contributed by atoms with Crippen LogP contribution in [0.4, 0.5) is 4.39 Å². The monoisotopic (exact) mass is 329 g/mol. The number of carbonyl (C=O) groups is 2. The maximum absolute atomic E-state index is 13.2. The van der Waals surface area contributed by atoms with E-state index in [0.717, 1.165) is 0 Å². The summed E-state index contributed by atoms with van der Waals surface area (Å²) in [4.78, 5) is 22.3. The molecule has 6 heteroatoms. The molecule has 2 aromatic rings. The highest BCUT2D eigenvalue weighted by atomic mass is 19.1. The van der Waals surface area contributed by atoms with Gasteiger partial charge in [-0.1, -0.05) is 30.3 Å². The first-order chi connectivity index (χ1) is 11.5. The Bertz CT molecular complexity index is 786. The Kier molecular flexibility index (Phi) is 5.68. The fourth-order valence-electron chi connectivity index (χ4n) is 2.02.